The first-order chi connectivity index (χ1) is 11.5. The van der Waals surface area contributed by atoms with Crippen molar-refractivity contribution in [3.05, 3.63) is 80.9 Å². The average molecular weight is 381 g/mol. The van der Waals surface area contributed by atoms with E-state index in [-0.39, 0.29) is 5.91 Å². The molecule has 0 atom stereocenters. The lowest BCUT2D eigenvalue weighted by Gasteiger charge is -2.07. The number of carbonyl (C=O) groups excluding carboxylic acids is 1. The summed E-state index contributed by atoms with van der Waals surface area (Å²) in [6, 6.07) is 13.8. The molecule has 4 nitrogen and oxygen atoms in total. The maximum Gasteiger partial charge on any atom is 0.258 e. The van der Waals surface area contributed by atoms with Crippen LogP contribution in [0.2, 0.25) is 15.1 Å². The third-order valence-electron chi connectivity index (χ3n) is 3.38. The molecule has 0 spiro atoms. The van der Waals surface area contributed by atoms with Gasteiger partial charge in [0.25, 0.3) is 5.91 Å². The molecule has 0 bridgehead atoms. The number of nitrogens with one attached hydrogen (secondary N) is 1. The van der Waals surface area contributed by atoms with Crippen LogP contribution in [0.25, 0.3) is 0 Å². The fraction of sp³-hybridized carbons (Fsp3) is 0.0588. The molecule has 122 valence electrons. The van der Waals surface area contributed by atoms with E-state index < -0.39 is 0 Å². The summed E-state index contributed by atoms with van der Waals surface area (Å²) in [5, 5.41) is 8.55. The molecule has 0 radical (unpaired) electrons. The average Bonchev–Trinajstić information content (AvgIpc) is 2.98. The van der Waals surface area contributed by atoms with Gasteiger partial charge in [-0.15, -0.1) is 0 Å². The van der Waals surface area contributed by atoms with Gasteiger partial charge in [-0.25, -0.2) is 0 Å². The first-order valence-corrected chi connectivity index (χ1v) is 8.20. The Labute approximate surface area is 154 Å². The number of aromatic nitrogens is 2. The molecule has 0 fully saturated rings. The van der Waals surface area contributed by atoms with Crippen molar-refractivity contribution in [2.24, 2.45) is 0 Å². The minimum Gasteiger partial charge on any atom is -0.305 e. The monoisotopic (exact) mass is 379 g/mol. The zero-order valence-corrected chi connectivity index (χ0v) is 14.6. The van der Waals surface area contributed by atoms with E-state index in [1.165, 1.54) is 0 Å². The molecule has 0 saturated heterocycles. The van der Waals surface area contributed by atoms with Crippen LogP contribution < -0.4 is 5.32 Å². The molecule has 1 amide bonds. The van der Waals surface area contributed by atoms with Crippen LogP contribution in [0.3, 0.4) is 0 Å². The normalized spacial score (nSPS) is 10.6. The number of amides is 1. The van der Waals surface area contributed by atoms with Gasteiger partial charge >= 0.3 is 0 Å². The summed E-state index contributed by atoms with van der Waals surface area (Å²) in [5.41, 5.74) is 1.16. The Hall–Kier alpha value is -2.01. The van der Waals surface area contributed by atoms with Gasteiger partial charge in [-0.1, -0.05) is 53.0 Å². The molecule has 0 aliphatic heterocycles. The predicted molar refractivity (Wildman–Crippen MR) is 97.2 cm³/mol. The number of benzene rings is 2. The number of halogens is 3. The molecule has 1 aromatic heterocycles. The predicted octanol–water partition coefficient (Wildman–Crippen LogP) is 5.14. The Morgan fingerprint density at radius 3 is 2.33 bits per heavy atom. The van der Waals surface area contributed by atoms with E-state index in [1.807, 2.05) is 0 Å². The van der Waals surface area contributed by atoms with E-state index >= 15 is 0 Å². The Balaban J connectivity index is 1.74. The zero-order chi connectivity index (χ0) is 17.1. The van der Waals surface area contributed by atoms with Crippen LogP contribution in [0.4, 0.5) is 5.82 Å². The quantitative estimate of drug-likeness (QED) is 0.681. The topological polar surface area (TPSA) is 46.9 Å². The second-order valence-electron chi connectivity index (χ2n) is 5.03. The molecule has 3 aromatic rings. The Kier molecular flexibility index (Phi) is 5.09. The first kappa shape index (κ1) is 16.8. The highest BCUT2D eigenvalue weighted by molar-refractivity contribution is 6.36. The molecular weight excluding hydrogens is 369 g/mol. The van der Waals surface area contributed by atoms with Gasteiger partial charge in [0.05, 0.1) is 17.1 Å². The molecule has 0 aliphatic rings. The lowest BCUT2D eigenvalue weighted by atomic mass is 10.2. The second kappa shape index (κ2) is 7.26. The number of nitrogens with zero attached hydrogens (tertiary/aromatic N) is 2. The van der Waals surface area contributed by atoms with Crippen molar-refractivity contribution in [3.63, 3.8) is 0 Å². The fourth-order valence-corrected chi connectivity index (χ4v) is 2.93. The van der Waals surface area contributed by atoms with Crippen molar-refractivity contribution in [3.8, 4) is 0 Å². The molecule has 1 N–H and O–H groups in total. The largest absolute Gasteiger partial charge is 0.305 e. The summed E-state index contributed by atoms with van der Waals surface area (Å²) in [5.74, 6) is 0.102. The molecule has 7 heteroatoms. The first-order valence-electron chi connectivity index (χ1n) is 7.07. The lowest BCUT2D eigenvalue weighted by Crippen LogP contribution is -2.13. The van der Waals surface area contributed by atoms with E-state index in [0.29, 0.717) is 33.0 Å². The van der Waals surface area contributed by atoms with Gasteiger partial charge in [-0.3, -0.25) is 9.48 Å². The summed E-state index contributed by atoms with van der Waals surface area (Å²) >= 11 is 18.3. The van der Waals surface area contributed by atoms with E-state index in [0.717, 1.165) is 5.56 Å². The number of anilines is 1. The van der Waals surface area contributed by atoms with Crippen molar-refractivity contribution in [2.75, 3.05) is 5.32 Å². The summed E-state index contributed by atoms with van der Waals surface area (Å²) in [4.78, 5) is 12.2. The van der Waals surface area contributed by atoms with Gasteiger partial charge < -0.3 is 5.32 Å². The van der Waals surface area contributed by atoms with Gasteiger partial charge in [-0.05, 0) is 24.3 Å². The van der Waals surface area contributed by atoms with E-state index in [9.17, 15) is 4.79 Å². The Bertz CT molecular complexity index is 872. The zero-order valence-electron chi connectivity index (χ0n) is 12.3. The van der Waals surface area contributed by atoms with E-state index in [1.54, 1.807) is 59.4 Å². The van der Waals surface area contributed by atoms with Crippen LogP contribution in [0.15, 0.2) is 54.7 Å². The van der Waals surface area contributed by atoms with Crippen LogP contribution in [-0.4, -0.2) is 15.7 Å². The molecule has 0 unspecified atom stereocenters. The van der Waals surface area contributed by atoms with Gasteiger partial charge in [0.15, 0.2) is 5.82 Å². The Morgan fingerprint density at radius 2 is 1.62 bits per heavy atom. The minimum atomic E-state index is -0.318. The maximum absolute atomic E-state index is 12.2. The van der Waals surface area contributed by atoms with Crippen LogP contribution in [-0.2, 0) is 6.54 Å². The molecule has 3 rings (SSSR count). The third-order valence-corrected chi connectivity index (χ3v) is 4.42. The van der Waals surface area contributed by atoms with Crippen molar-refractivity contribution < 1.29 is 4.79 Å². The molecule has 1 heterocycles. The van der Waals surface area contributed by atoms with Crippen LogP contribution in [0.5, 0.6) is 0 Å². The van der Waals surface area contributed by atoms with Crippen molar-refractivity contribution in [1.29, 1.82) is 0 Å². The third kappa shape index (κ3) is 3.73. The summed E-state index contributed by atoms with van der Waals surface area (Å²) in [6.45, 7) is 0.403. The minimum absolute atomic E-state index is 0.318. The number of hydrogen-bond acceptors (Lipinski definition) is 2. The highest BCUT2D eigenvalue weighted by Gasteiger charge is 2.12. The van der Waals surface area contributed by atoms with Gasteiger partial charge in [0, 0.05) is 27.9 Å². The van der Waals surface area contributed by atoms with Crippen LogP contribution in [0.1, 0.15) is 15.9 Å². The number of hydrogen-bond donors (Lipinski definition) is 1. The van der Waals surface area contributed by atoms with Crippen LogP contribution in [0, 0.1) is 0 Å². The summed E-state index contributed by atoms with van der Waals surface area (Å²) in [6.07, 6.45) is 1.74. The highest BCUT2D eigenvalue weighted by Crippen LogP contribution is 2.25. The van der Waals surface area contributed by atoms with E-state index in [2.05, 4.69) is 10.4 Å². The van der Waals surface area contributed by atoms with Crippen LogP contribution >= 0.6 is 34.8 Å². The Morgan fingerprint density at radius 1 is 0.958 bits per heavy atom. The van der Waals surface area contributed by atoms with Crippen molar-refractivity contribution >= 4 is 46.5 Å². The van der Waals surface area contributed by atoms with Crippen molar-refractivity contribution in [1.82, 2.24) is 9.78 Å². The van der Waals surface area contributed by atoms with Crippen molar-refractivity contribution in [2.45, 2.75) is 6.54 Å². The summed E-state index contributed by atoms with van der Waals surface area (Å²) < 4.78 is 1.65. The second-order valence-corrected chi connectivity index (χ2v) is 6.25. The molecular formula is C17H12Cl3N3O. The molecule has 0 aliphatic carbocycles. The SMILES string of the molecule is O=C(Nc1ccn(Cc2c(Cl)cccc2Cl)n1)c1ccccc1Cl. The molecule has 24 heavy (non-hydrogen) atoms. The lowest BCUT2D eigenvalue weighted by molar-refractivity contribution is 0.102. The number of rotatable bonds is 4. The smallest absolute Gasteiger partial charge is 0.258 e. The van der Waals surface area contributed by atoms with E-state index in [4.69, 9.17) is 34.8 Å². The summed E-state index contributed by atoms with van der Waals surface area (Å²) in [7, 11) is 0. The van der Waals surface area contributed by atoms with Gasteiger partial charge in [0.1, 0.15) is 0 Å². The standard InChI is InChI=1S/C17H12Cl3N3O/c18-13-5-2-1-4-11(13)17(24)21-16-8-9-23(22-16)10-12-14(19)6-3-7-15(12)20/h1-9H,10H2,(H,21,22,24). The fourth-order valence-electron chi connectivity index (χ4n) is 2.19. The molecule has 0 saturated carbocycles. The van der Waals surface area contributed by atoms with Gasteiger partial charge in [-0.2, -0.15) is 5.10 Å². The highest BCUT2D eigenvalue weighted by atomic mass is 35.5. The maximum atomic E-state index is 12.2. The number of carbonyl (C=O) groups is 1. The van der Waals surface area contributed by atoms with Gasteiger partial charge in [0.2, 0.25) is 0 Å². The molecule has 2 aromatic carbocycles.